The van der Waals surface area contributed by atoms with E-state index in [-0.39, 0.29) is 12.6 Å². The maximum Gasteiger partial charge on any atom is 0.419 e. The van der Waals surface area contributed by atoms with Crippen LogP contribution in [0.25, 0.3) is 10.9 Å². The predicted molar refractivity (Wildman–Crippen MR) is 84.6 cm³/mol. The minimum atomic E-state index is -0.581. The minimum Gasteiger partial charge on any atom is -0.443 e. The van der Waals surface area contributed by atoms with Gasteiger partial charge in [0.25, 0.3) is 0 Å². The van der Waals surface area contributed by atoms with Crippen LogP contribution in [0.4, 0.5) is 4.79 Å². The number of carbonyl (C=O) groups excluding carboxylic acids is 1. The number of nitrogens with two attached hydrogens (primary N) is 2. The maximum atomic E-state index is 12.3. The molecule has 21 heavy (non-hydrogen) atoms. The van der Waals surface area contributed by atoms with Gasteiger partial charge in [-0.25, -0.2) is 4.79 Å². The summed E-state index contributed by atoms with van der Waals surface area (Å²) in [6.45, 7) is 5.73. The highest BCUT2D eigenvalue weighted by molar-refractivity contribution is 6.31. The summed E-state index contributed by atoms with van der Waals surface area (Å²) in [6.07, 6.45) is 1.21. The Bertz CT molecular complexity index is 673. The molecular formula is C15H20ClN3O2. The highest BCUT2D eigenvalue weighted by Gasteiger charge is 2.22. The molecule has 0 spiro atoms. The normalized spacial score (nSPS) is 13.4. The van der Waals surface area contributed by atoms with Gasteiger partial charge in [-0.05, 0) is 38.5 Å². The summed E-state index contributed by atoms with van der Waals surface area (Å²) >= 11 is 6.03. The molecule has 114 valence electrons. The fourth-order valence-electron chi connectivity index (χ4n) is 2.11. The number of hydrogen-bond acceptors (Lipinski definition) is 4. The van der Waals surface area contributed by atoms with Crippen LogP contribution in [0, 0.1) is 0 Å². The molecule has 0 aliphatic carbocycles. The van der Waals surface area contributed by atoms with Gasteiger partial charge in [0.05, 0.1) is 5.52 Å². The summed E-state index contributed by atoms with van der Waals surface area (Å²) in [5, 5.41) is 1.39. The van der Waals surface area contributed by atoms with E-state index in [1.807, 2.05) is 26.8 Å². The van der Waals surface area contributed by atoms with E-state index in [9.17, 15) is 4.79 Å². The zero-order valence-electron chi connectivity index (χ0n) is 12.4. The van der Waals surface area contributed by atoms with Crippen LogP contribution in [-0.2, 0) is 4.74 Å². The average Bonchev–Trinajstić information content (AvgIpc) is 2.74. The monoisotopic (exact) mass is 309 g/mol. The van der Waals surface area contributed by atoms with Crippen molar-refractivity contribution in [2.24, 2.45) is 11.5 Å². The third kappa shape index (κ3) is 3.37. The van der Waals surface area contributed by atoms with E-state index < -0.39 is 11.7 Å². The Hall–Kier alpha value is -1.56. The first-order valence-electron chi connectivity index (χ1n) is 6.72. The van der Waals surface area contributed by atoms with E-state index in [0.717, 1.165) is 10.9 Å². The van der Waals surface area contributed by atoms with Crippen LogP contribution >= 0.6 is 11.6 Å². The molecule has 4 N–H and O–H groups in total. The topological polar surface area (TPSA) is 83.3 Å². The van der Waals surface area contributed by atoms with Crippen molar-refractivity contribution in [2.75, 3.05) is 6.54 Å². The summed E-state index contributed by atoms with van der Waals surface area (Å²) in [4.78, 5) is 12.3. The second-order valence-electron chi connectivity index (χ2n) is 5.94. The fraction of sp³-hybridized carbons (Fsp3) is 0.400. The Morgan fingerprint density at radius 2 is 2.10 bits per heavy atom. The number of nitrogens with zero attached hydrogens (tertiary/aromatic N) is 1. The molecule has 0 bridgehead atoms. The minimum absolute atomic E-state index is 0.288. The Morgan fingerprint density at radius 3 is 2.67 bits per heavy atom. The zero-order valence-corrected chi connectivity index (χ0v) is 13.1. The fourth-order valence-corrected chi connectivity index (χ4v) is 2.28. The number of aromatic nitrogens is 1. The standard InChI is InChI=1S/C15H20ClN3O2/c1-15(2,3)21-14(20)19-8-11(12(18)7-17)10-5-4-9(16)6-13(10)19/h4-6,8,12H,7,17-18H2,1-3H3. The van der Waals surface area contributed by atoms with Crippen molar-refractivity contribution in [3.8, 4) is 0 Å². The van der Waals surface area contributed by atoms with Gasteiger partial charge in [0.15, 0.2) is 0 Å². The Kier molecular flexibility index (Phi) is 4.27. The predicted octanol–water partition coefficient (Wildman–Crippen LogP) is 3.04. The second-order valence-corrected chi connectivity index (χ2v) is 6.37. The van der Waals surface area contributed by atoms with Crippen LogP contribution in [0.2, 0.25) is 5.02 Å². The second kappa shape index (κ2) is 5.67. The lowest BCUT2D eigenvalue weighted by molar-refractivity contribution is 0.0544. The quantitative estimate of drug-likeness (QED) is 0.893. The van der Waals surface area contributed by atoms with Gasteiger partial charge in [0.1, 0.15) is 5.60 Å². The van der Waals surface area contributed by atoms with E-state index >= 15 is 0 Å². The molecule has 0 amide bonds. The molecule has 0 aliphatic heterocycles. The van der Waals surface area contributed by atoms with E-state index in [1.54, 1.807) is 18.3 Å². The van der Waals surface area contributed by atoms with Gasteiger partial charge in [-0.3, -0.25) is 4.57 Å². The van der Waals surface area contributed by atoms with Gasteiger partial charge in [-0.15, -0.1) is 0 Å². The third-order valence-electron chi connectivity index (χ3n) is 3.04. The van der Waals surface area contributed by atoms with Crippen LogP contribution in [0.3, 0.4) is 0 Å². The molecule has 5 nitrogen and oxygen atoms in total. The van der Waals surface area contributed by atoms with Gasteiger partial charge in [0.2, 0.25) is 0 Å². The Labute approximate surface area is 128 Å². The van der Waals surface area contributed by atoms with Gasteiger partial charge >= 0.3 is 6.09 Å². The molecule has 0 aliphatic rings. The van der Waals surface area contributed by atoms with E-state index in [2.05, 4.69) is 0 Å². The number of ether oxygens (including phenoxy) is 1. The lowest BCUT2D eigenvalue weighted by Crippen LogP contribution is -2.27. The lowest BCUT2D eigenvalue weighted by Gasteiger charge is -2.19. The SMILES string of the molecule is CC(C)(C)OC(=O)n1cc(C(N)CN)c2ccc(Cl)cc21. The largest absolute Gasteiger partial charge is 0.443 e. The molecule has 2 aromatic rings. The molecule has 0 radical (unpaired) electrons. The van der Waals surface area contributed by atoms with Crippen LogP contribution in [0.1, 0.15) is 32.4 Å². The van der Waals surface area contributed by atoms with Crippen molar-refractivity contribution < 1.29 is 9.53 Å². The summed E-state index contributed by atoms with van der Waals surface area (Å²) in [5.74, 6) is 0. The molecule has 1 unspecified atom stereocenters. The van der Waals surface area contributed by atoms with Crippen LogP contribution in [0.15, 0.2) is 24.4 Å². The van der Waals surface area contributed by atoms with Crippen molar-refractivity contribution in [2.45, 2.75) is 32.4 Å². The van der Waals surface area contributed by atoms with Crippen LogP contribution in [-0.4, -0.2) is 22.8 Å². The number of halogens is 1. The van der Waals surface area contributed by atoms with Gasteiger partial charge in [-0.2, -0.15) is 0 Å². The number of hydrogen-bond donors (Lipinski definition) is 2. The van der Waals surface area contributed by atoms with Gasteiger partial charge < -0.3 is 16.2 Å². The Balaban J connectivity index is 2.57. The van der Waals surface area contributed by atoms with Crippen LogP contribution < -0.4 is 11.5 Å². The number of carbonyl (C=O) groups is 1. The molecule has 1 aromatic carbocycles. The summed E-state index contributed by atoms with van der Waals surface area (Å²) in [5.41, 5.74) is 12.5. The summed E-state index contributed by atoms with van der Waals surface area (Å²) in [6, 6.07) is 4.96. The van der Waals surface area contributed by atoms with Gasteiger partial charge in [0, 0.05) is 29.2 Å². The summed E-state index contributed by atoms with van der Waals surface area (Å²) < 4.78 is 6.84. The highest BCUT2D eigenvalue weighted by Crippen LogP contribution is 2.28. The van der Waals surface area contributed by atoms with E-state index in [0.29, 0.717) is 10.5 Å². The number of fused-ring (bicyclic) bond motifs is 1. The molecule has 1 atom stereocenters. The van der Waals surface area contributed by atoms with Crippen molar-refractivity contribution in [3.63, 3.8) is 0 Å². The number of rotatable bonds is 2. The zero-order chi connectivity index (χ0) is 15.8. The first kappa shape index (κ1) is 15.8. The third-order valence-corrected chi connectivity index (χ3v) is 3.28. The average molecular weight is 310 g/mol. The maximum absolute atomic E-state index is 12.3. The van der Waals surface area contributed by atoms with Gasteiger partial charge in [-0.1, -0.05) is 17.7 Å². The lowest BCUT2D eigenvalue weighted by atomic mass is 10.1. The molecular weight excluding hydrogens is 290 g/mol. The van der Waals surface area contributed by atoms with Crippen LogP contribution in [0.5, 0.6) is 0 Å². The molecule has 1 heterocycles. The first-order chi connectivity index (χ1) is 9.73. The highest BCUT2D eigenvalue weighted by atomic mass is 35.5. The molecule has 0 saturated carbocycles. The Morgan fingerprint density at radius 1 is 1.43 bits per heavy atom. The molecule has 2 rings (SSSR count). The molecule has 6 heteroatoms. The first-order valence-corrected chi connectivity index (χ1v) is 7.10. The smallest absolute Gasteiger partial charge is 0.419 e. The molecule has 0 saturated heterocycles. The van der Waals surface area contributed by atoms with Crippen molar-refractivity contribution in [1.82, 2.24) is 4.57 Å². The summed E-state index contributed by atoms with van der Waals surface area (Å²) in [7, 11) is 0. The molecule has 0 fully saturated rings. The number of benzene rings is 1. The van der Waals surface area contributed by atoms with Crippen molar-refractivity contribution in [3.05, 3.63) is 35.0 Å². The molecule has 1 aromatic heterocycles. The van der Waals surface area contributed by atoms with E-state index in [4.69, 9.17) is 27.8 Å². The van der Waals surface area contributed by atoms with Crippen molar-refractivity contribution in [1.29, 1.82) is 0 Å². The van der Waals surface area contributed by atoms with Crippen molar-refractivity contribution >= 4 is 28.6 Å². The van der Waals surface area contributed by atoms with E-state index in [1.165, 1.54) is 4.57 Å².